The lowest BCUT2D eigenvalue weighted by molar-refractivity contribution is -0.185. The summed E-state index contributed by atoms with van der Waals surface area (Å²) in [6.45, 7) is 0. The first-order chi connectivity index (χ1) is 11.3. The number of aryl methyl sites for hydroxylation is 1. The zero-order chi connectivity index (χ0) is 17.5. The quantitative estimate of drug-likeness (QED) is 0.909. The summed E-state index contributed by atoms with van der Waals surface area (Å²) in [5.74, 6) is -3.03. The van der Waals surface area contributed by atoms with Crippen LogP contribution in [0.1, 0.15) is 25.7 Å². The van der Waals surface area contributed by atoms with Crippen molar-refractivity contribution in [3.05, 3.63) is 28.7 Å². The molecule has 1 N–H and O–H groups in total. The molecule has 0 bridgehead atoms. The SMILES string of the molecule is Cn1c(=O)oc2cc(NC(=O)C3CCCC(C(F)(F)F)C3)ccc21. The number of aromatic nitrogens is 1. The standard InChI is InChI=1S/C16H17F3N2O3/c1-21-12-6-5-11(8-13(12)24-15(21)23)20-14(22)9-3-2-4-10(7-9)16(17,18)19/h5-6,8-10H,2-4,7H2,1H3,(H,20,22). The lowest BCUT2D eigenvalue weighted by Gasteiger charge is -2.29. The van der Waals surface area contributed by atoms with Gasteiger partial charge in [0.2, 0.25) is 5.91 Å². The lowest BCUT2D eigenvalue weighted by atomic mass is 9.80. The van der Waals surface area contributed by atoms with Crippen molar-refractivity contribution in [1.29, 1.82) is 0 Å². The molecule has 1 aromatic heterocycles. The molecule has 0 radical (unpaired) electrons. The van der Waals surface area contributed by atoms with Crippen LogP contribution in [0.5, 0.6) is 0 Å². The number of nitrogens with zero attached hydrogens (tertiary/aromatic N) is 1. The van der Waals surface area contributed by atoms with Gasteiger partial charge in [-0.05, 0) is 31.4 Å². The predicted octanol–water partition coefficient (Wildman–Crippen LogP) is 3.44. The second kappa shape index (κ2) is 5.99. The van der Waals surface area contributed by atoms with Gasteiger partial charge in [0, 0.05) is 24.7 Å². The summed E-state index contributed by atoms with van der Waals surface area (Å²) in [6.07, 6.45) is -3.53. The zero-order valence-electron chi connectivity index (χ0n) is 13.0. The first-order valence-electron chi connectivity index (χ1n) is 7.73. The number of nitrogens with one attached hydrogen (secondary N) is 1. The highest BCUT2D eigenvalue weighted by molar-refractivity contribution is 5.94. The van der Waals surface area contributed by atoms with Crippen LogP contribution in [0.2, 0.25) is 0 Å². The van der Waals surface area contributed by atoms with Gasteiger partial charge in [-0.15, -0.1) is 0 Å². The maximum absolute atomic E-state index is 12.8. The van der Waals surface area contributed by atoms with E-state index in [0.29, 0.717) is 29.6 Å². The van der Waals surface area contributed by atoms with Crippen molar-refractivity contribution in [2.24, 2.45) is 18.9 Å². The van der Waals surface area contributed by atoms with E-state index in [9.17, 15) is 22.8 Å². The molecule has 1 amide bonds. The van der Waals surface area contributed by atoms with Crippen LogP contribution in [0.15, 0.2) is 27.4 Å². The van der Waals surface area contributed by atoms with Gasteiger partial charge < -0.3 is 9.73 Å². The summed E-state index contributed by atoms with van der Waals surface area (Å²) >= 11 is 0. The number of fused-ring (bicyclic) bond motifs is 1. The summed E-state index contributed by atoms with van der Waals surface area (Å²) in [4.78, 5) is 23.7. The topological polar surface area (TPSA) is 64.2 Å². The number of carbonyl (C=O) groups excluding carboxylic acids is 1. The number of carbonyl (C=O) groups is 1. The van der Waals surface area contributed by atoms with Crippen molar-refractivity contribution in [3.8, 4) is 0 Å². The number of hydrogen-bond acceptors (Lipinski definition) is 3. The lowest BCUT2D eigenvalue weighted by Crippen LogP contribution is -2.34. The molecule has 0 aliphatic heterocycles. The van der Waals surface area contributed by atoms with Crippen LogP contribution in [-0.2, 0) is 11.8 Å². The predicted molar refractivity (Wildman–Crippen MR) is 81.6 cm³/mol. The van der Waals surface area contributed by atoms with Gasteiger partial charge in [-0.25, -0.2) is 4.79 Å². The first-order valence-corrected chi connectivity index (χ1v) is 7.73. The molecule has 1 saturated carbocycles. The van der Waals surface area contributed by atoms with Crippen molar-refractivity contribution in [2.45, 2.75) is 31.9 Å². The molecule has 5 nitrogen and oxygen atoms in total. The first kappa shape index (κ1) is 16.6. The van der Waals surface area contributed by atoms with Gasteiger partial charge >= 0.3 is 11.9 Å². The van der Waals surface area contributed by atoms with Gasteiger partial charge in [-0.1, -0.05) is 6.42 Å². The van der Waals surface area contributed by atoms with Gasteiger partial charge in [-0.3, -0.25) is 9.36 Å². The number of anilines is 1. The maximum Gasteiger partial charge on any atom is 0.419 e. The highest BCUT2D eigenvalue weighted by Crippen LogP contribution is 2.40. The van der Waals surface area contributed by atoms with E-state index in [1.54, 1.807) is 19.2 Å². The van der Waals surface area contributed by atoms with E-state index >= 15 is 0 Å². The Labute approximate surface area is 135 Å². The molecule has 1 aliphatic carbocycles. The van der Waals surface area contributed by atoms with Crippen molar-refractivity contribution in [3.63, 3.8) is 0 Å². The summed E-state index contributed by atoms with van der Waals surface area (Å²) in [5, 5.41) is 2.63. The monoisotopic (exact) mass is 342 g/mol. The Morgan fingerprint density at radius 2 is 2.08 bits per heavy atom. The number of hydrogen-bond donors (Lipinski definition) is 1. The Balaban J connectivity index is 1.73. The third-order valence-electron chi connectivity index (χ3n) is 4.57. The minimum Gasteiger partial charge on any atom is -0.408 e. The largest absolute Gasteiger partial charge is 0.419 e. The van der Waals surface area contributed by atoms with Crippen LogP contribution in [0, 0.1) is 11.8 Å². The van der Waals surface area contributed by atoms with E-state index in [-0.39, 0.29) is 12.8 Å². The maximum atomic E-state index is 12.8. The molecule has 0 saturated heterocycles. The van der Waals surface area contributed by atoms with E-state index in [0.717, 1.165) is 0 Å². The van der Waals surface area contributed by atoms with E-state index in [1.165, 1.54) is 10.6 Å². The molecular formula is C16H17F3N2O3. The average molecular weight is 342 g/mol. The molecule has 130 valence electrons. The van der Waals surface area contributed by atoms with E-state index in [2.05, 4.69) is 5.32 Å². The molecule has 3 rings (SSSR count). The molecule has 0 spiro atoms. The van der Waals surface area contributed by atoms with Gasteiger partial charge in [0.1, 0.15) is 0 Å². The highest BCUT2D eigenvalue weighted by Gasteiger charge is 2.43. The number of oxazole rings is 1. The highest BCUT2D eigenvalue weighted by atomic mass is 19.4. The molecule has 1 heterocycles. The number of benzene rings is 1. The third kappa shape index (κ3) is 3.18. The Kier molecular flexibility index (Phi) is 4.15. The van der Waals surface area contributed by atoms with Gasteiger partial charge in [0.15, 0.2) is 5.58 Å². The molecule has 1 aliphatic rings. The smallest absolute Gasteiger partial charge is 0.408 e. The van der Waals surface area contributed by atoms with Gasteiger partial charge in [0.05, 0.1) is 11.4 Å². The second-order valence-corrected chi connectivity index (χ2v) is 6.20. The van der Waals surface area contributed by atoms with Crippen LogP contribution in [0.3, 0.4) is 0 Å². The van der Waals surface area contributed by atoms with Gasteiger partial charge in [0.25, 0.3) is 0 Å². The minimum absolute atomic E-state index is 0.0778. The summed E-state index contributed by atoms with van der Waals surface area (Å²) in [7, 11) is 1.56. The molecule has 2 aromatic rings. The number of rotatable bonds is 2. The average Bonchev–Trinajstić information content (AvgIpc) is 2.81. The third-order valence-corrected chi connectivity index (χ3v) is 4.57. The fourth-order valence-corrected chi connectivity index (χ4v) is 3.18. The van der Waals surface area contributed by atoms with E-state index < -0.39 is 29.7 Å². The Hall–Kier alpha value is -2.25. The summed E-state index contributed by atoms with van der Waals surface area (Å²) in [6, 6.07) is 4.72. The van der Waals surface area contributed by atoms with Crippen molar-refractivity contribution in [2.75, 3.05) is 5.32 Å². The van der Waals surface area contributed by atoms with Crippen molar-refractivity contribution >= 4 is 22.7 Å². The number of halogens is 3. The molecule has 1 fully saturated rings. The van der Waals surface area contributed by atoms with E-state index in [1.807, 2.05) is 0 Å². The zero-order valence-corrected chi connectivity index (χ0v) is 13.0. The molecule has 2 unspecified atom stereocenters. The number of amides is 1. The van der Waals surface area contributed by atoms with Crippen LogP contribution in [0.25, 0.3) is 11.1 Å². The molecule has 1 aromatic carbocycles. The Bertz CT molecular complexity index is 822. The van der Waals surface area contributed by atoms with E-state index in [4.69, 9.17) is 4.42 Å². The summed E-state index contributed by atoms with van der Waals surface area (Å²) in [5.41, 5.74) is 1.29. The van der Waals surface area contributed by atoms with Crippen LogP contribution < -0.4 is 11.1 Å². The minimum atomic E-state index is -4.26. The number of alkyl halides is 3. The van der Waals surface area contributed by atoms with Crippen molar-refractivity contribution < 1.29 is 22.4 Å². The Morgan fingerprint density at radius 1 is 1.33 bits per heavy atom. The molecular weight excluding hydrogens is 325 g/mol. The van der Waals surface area contributed by atoms with Crippen LogP contribution in [0.4, 0.5) is 18.9 Å². The second-order valence-electron chi connectivity index (χ2n) is 6.20. The van der Waals surface area contributed by atoms with Gasteiger partial charge in [-0.2, -0.15) is 13.2 Å². The van der Waals surface area contributed by atoms with Crippen LogP contribution in [-0.4, -0.2) is 16.7 Å². The fraction of sp³-hybridized carbons (Fsp3) is 0.500. The summed E-state index contributed by atoms with van der Waals surface area (Å²) < 4.78 is 44.9. The van der Waals surface area contributed by atoms with Crippen molar-refractivity contribution in [1.82, 2.24) is 4.57 Å². The molecule has 8 heteroatoms. The molecule has 2 atom stereocenters. The normalized spacial score (nSPS) is 21.8. The molecule has 24 heavy (non-hydrogen) atoms. The fourth-order valence-electron chi connectivity index (χ4n) is 3.18. The Morgan fingerprint density at radius 3 is 2.79 bits per heavy atom. The van der Waals surface area contributed by atoms with Crippen LogP contribution >= 0.6 is 0 Å².